The van der Waals surface area contributed by atoms with Crippen LogP contribution in [0.5, 0.6) is 0 Å². The van der Waals surface area contributed by atoms with Crippen molar-refractivity contribution in [1.82, 2.24) is 15.8 Å². The fourth-order valence-electron chi connectivity index (χ4n) is 1.71. The Morgan fingerprint density at radius 3 is 2.85 bits per heavy atom. The number of aliphatic imine (C=N–C) groups is 1. The number of hydrogen-bond donors (Lipinski definition) is 4. The minimum atomic E-state index is -1.31. The van der Waals surface area contributed by atoms with Crippen LogP contribution < -0.4 is 5.48 Å². The van der Waals surface area contributed by atoms with Gasteiger partial charge in [0.15, 0.2) is 16.6 Å². The van der Waals surface area contributed by atoms with Crippen molar-refractivity contribution in [1.29, 1.82) is 5.26 Å². The molecule has 0 aliphatic carbocycles. The van der Waals surface area contributed by atoms with Gasteiger partial charge in [-0.2, -0.15) is 5.26 Å². The van der Waals surface area contributed by atoms with Crippen LogP contribution in [0.3, 0.4) is 0 Å². The van der Waals surface area contributed by atoms with Crippen LogP contribution >= 0.6 is 11.8 Å². The molecule has 1 atom stereocenters. The third kappa shape index (κ3) is 4.77. The first-order chi connectivity index (χ1) is 12.3. The molecule has 1 heterocycles. The first-order valence-corrected chi connectivity index (χ1v) is 8.29. The molecule has 4 N–H and O–H groups in total. The van der Waals surface area contributed by atoms with E-state index in [1.807, 2.05) is 5.48 Å². The lowest BCUT2D eigenvalue weighted by atomic mass is 10.0. The van der Waals surface area contributed by atoms with E-state index in [1.54, 1.807) is 6.07 Å². The van der Waals surface area contributed by atoms with Crippen molar-refractivity contribution in [2.75, 3.05) is 5.75 Å². The number of amidine groups is 1. The van der Waals surface area contributed by atoms with E-state index in [2.05, 4.69) is 19.9 Å². The highest BCUT2D eigenvalue weighted by Crippen LogP contribution is 2.24. The Kier molecular flexibility index (Phi) is 6.27. The van der Waals surface area contributed by atoms with Gasteiger partial charge < -0.3 is 10.2 Å². The monoisotopic (exact) mass is 381 g/mol. The molecule has 0 bridgehead atoms. The van der Waals surface area contributed by atoms with Crippen LogP contribution in [0, 0.1) is 17.1 Å². The van der Waals surface area contributed by atoms with Crippen molar-refractivity contribution in [3.05, 3.63) is 35.3 Å². The molecule has 11 heteroatoms. The number of halogens is 1. The standard InChI is InChI=1S/C15H16FN5O4S/c1-15(2,23)11(22)7-26-14-12(20-25-21-14)13(19-24)18-9-3-4-10(16)8(5-9)6-17/h3-5,11,22-24H,7H2,1-2H3,(H,18,19). The highest BCUT2D eigenvalue weighted by molar-refractivity contribution is 7.99. The molecule has 0 spiro atoms. The number of aliphatic hydroxyl groups excluding tert-OH is 1. The van der Waals surface area contributed by atoms with E-state index < -0.39 is 17.5 Å². The SMILES string of the molecule is CC(C)(O)C(O)CSc1nonc1C(=Nc1ccc(F)c(C#N)c1)NO. The van der Waals surface area contributed by atoms with Crippen molar-refractivity contribution in [2.24, 2.45) is 4.99 Å². The van der Waals surface area contributed by atoms with Gasteiger partial charge in [0, 0.05) is 5.75 Å². The van der Waals surface area contributed by atoms with E-state index in [-0.39, 0.29) is 33.6 Å². The predicted octanol–water partition coefficient (Wildman–Crippen LogP) is 1.36. The van der Waals surface area contributed by atoms with Gasteiger partial charge in [0.05, 0.1) is 23.0 Å². The molecular formula is C15H16FN5O4S. The van der Waals surface area contributed by atoms with Gasteiger partial charge in [-0.15, -0.1) is 0 Å². The summed E-state index contributed by atoms with van der Waals surface area (Å²) >= 11 is 1.03. The Hall–Kier alpha value is -2.52. The fraction of sp³-hybridized carbons (Fsp3) is 0.333. The quantitative estimate of drug-likeness (QED) is 0.252. The van der Waals surface area contributed by atoms with Crippen LogP contribution in [0.1, 0.15) is 25.1 Å². The van der Waals surface area contributed by atoms with Crippen LogP contribution in [0.15, 0.2) is 32.8 Å². The molecular weight excluding hydrogens is 365 g/mol. The second kappa shape index (κ2) is 8.24. The Morgan fingerprint density at radius 2 is 2.23 bits per heavy atom. The Balaban J connectivity index is 2.26. The van der Waals surface area contributed by atoms with E-state index in [1.165, 1.54) is 26.0 Å². The highest BCUT2D eigenvalue weighted by Gasteiger charge is 2.26. The molecule has 0 aliphatic heterocycles. The molecule has 9 nitrogen and oxygen atoms in total. The van der Waals surface area contributed by atoms with Crippen molar-refractivity contribution in [3.8, 4) is 6.07 Å². The maximum Gasteiger partial charge on any atom is 0.186 e. The third-order valence-electron chi connectivity index (χ3n) is 3.29. The van der Waals surface area contributed by atoms with Crippen LogP contribution in [0.4, 0.5) is 10.1 Å². The third-order valence-corrected chi connectivity index (χ3v) is 4.32. The minimum absolute atomic E-state index is 0.0447. The summed E-state index contributed by atoms with van der Waals surface area (Å²) < 4.78 is 18.0. The van der Waals surface area contributed by atoms with Gasteiger partial charge in [-0.3, -0.25) is 10.7 Å². The van der Waals surface area contributed by atoms with Gasteiger partial charge in [-0.1, -0.05) is 11.8 Å². The number of aliphatic hydroxyl groups is 2. The van der Waals surface area contributed by atoms with Gasteiger partial charge in [0.2, 0.25) is 0 Å². The summed E-state index contributed by atoms with van der Waals surface area (Å²) in [5.74, 6) is -0.759. The van der Waals surface area contributed by atoms with Crippen LogP contribution in [0.25, 0.3) is 0 Å². The topological polar surface area (TPSA) is 148 Å². The zero-order valence-electron chi connectivity index (χ0n) is 13.8. The zero-order chi connectivity index (χ0) is 19.3. The van der Waals surface area contributed by atoms with E-state index in [4.69, 9.17) is 5.26 Å². The van der Waals surface area contributed by atoms with Crippen molar-refractivity contribution < 1.29 is 24.4 Å². The summed E-state index contributed by atoms with van der Waals surface area (Å²) in [4.78, 5) is 4.06. The number of nitriles is 1. The average molecular weight is 381 g/mol. The normalized spacial score (nSPS) is 13.3. The Bertz CT molecular complexity index is 843. The van der Waals surface area contributed by atoms with Crippen molar-refractivity contribution in [2.45, 2.75) is 30.6 Å². The molecule has 0 amide bonds. The lowest BCUT2D eigenvalue weighted by molar-refractivity contribution is -0.0350. The molecule has 1 unspecified atom stereocenters. The number of aromatic nitrogens is 2. The number of hydroxylamine groups is 1. The lowest BCUT2D eigenvalue weighted by Gasteiger charge is -2.23. The van der Waals surface area contributed by atoms with Crippen LogP contribution in [-0.2, 0) is 0 Å². The van der Waals surface area contributed by atoms with Gasteiger partial charge in [0.25, 0.3) is 0 Å². The smallest absolute Gasteiger partial charge is 0.186 e. The Morgan fingerprint density at radius 1 is 1.50 bits per heavy atom. The molecule has 138 valence electrons. The van der Waals surface area contributed by atoms with Crippen LogP contribution in [0.2, 0.25) is 0 Å². The number of rotatable bonds is 6. The first-order valence-electron chi connectivity index (χ1n) is 7.31. The fourth-order valence-corrected chi connectivity index (χ4v) is 2.79. The van der Waals surface area contributed by atoms with E-state index in [0.717, 1.165) is 17.8 Å². The molecule has 1 aromatic carbocycles. The number of nitrogens with zero attached hydrogens (tertiary/aromatic N) is 4. The maximum absolute atomic E-state index is 13.4. The second-order valence-electron chi connectivity index (χ2n) is 5.75. The van der Waals surface area contributed by atoms with Gasteiger partial charge in [-0.25, -0.2) is 14.0 Å². The maximum atomic E-state index is 13.4. The number of thioether (sulfide) groups is 1. The van der Waals surface area contributed by atoms with Gasteiger partial charge in [0.1, 0.15) is 11.9 Å². The van der Waals surface area contributed by atoms with Crippen LogP contribution in [-0.4, -0.2) is 49.0 Å². The molecule has 2 rings (SSSR count). The van der Waals surface area contributed by atoms with Crippen molar-refractivity contribution in [3.63, 3.8) is 0 Å². The molecule has 0 fully saturated rings. The molecule has 2 aromatic rings. The van der Waals surface area contributed by atoms with Crippen molar-refractivity contribution >= 4 is 23.3 Å². The van der Waals surface area contributed by atoms with Gasteiger partial charge in [-0.05, 0) is 42.4 Å². The van der Waals surface area contributed by atoms with E-state index in [9.17, 15) is 19.8 Å². The second-order valence-corrected chi connectivity index (χ2v) is 6.76. The largest absolute Gasteiger partial charge is 0.389 e. The summed E-state index contributed by atoms with van der Waals surface area (Å²) in [5.41, 5.74) is 0.572. The number of benzene rings is 1. The molecule has 0 aliphatic rings. The minimum Gasteiger partial charge on any atom is -0.389 e. The molecule has 0 radical (unpaired) electrons. The van der Waals surface area contributed by atoms with E-state index >= 15 is 0 Å². The summed E-state index contributed by atoms with van der Waals surface area (Å²) in [7, 11) is 0. The molecule has 1 aromatic heterocycles. The average Bonchev–Trinajstić information content (AvgIpc) is 3.06. The predicted molar refractivity (Wildman–Crippen MR) is 89.6 cm³/mol. The number of nitrogens with one attached hydrogen (secondary N) is 1. The Labute approximate surface area is 152 Å². The molecule has 26 heavy (non-hydrogen) atoms. The molecule has 0 saturated heterocycles. The summed E-state index contributed by atoms with van der Waals surface area (Å²) in [6.45, 7) is 2.92. The summed E-state index contributed by atoms with van der Waals surface area (Å²) in [6.07, 6.45) is -1.05. The highest BCUT2D eigenvalue weighted by atomic mass is 32.2. The molecule has 0 saturated carbocycles. The van der Waals surface area contributed by atoms with E-state index in [0.29, 0.717) is 0 Å². The lowest BCUT2D eigenvalue weighted by Crippen LogP contribution is -2.37. The zero-order valence-corrected chi connectivity index (χ0v) is 14.7. The first kappa shape index (κ1) is 19.8. The summed E-state index contributed by atoms with van der Waals surface area (Å²) in [5, 5.41) is 45.3. The summed E-state index contributed by atoms with van der Waals surface area (Å²) in [6, 6.07) is 5.27. The number of hydrogen-bond acceptors (Lipinski definition) is 9. The van der Waals surface area contributed by atoms with Gasteiger partial charge >= 0.3 is 0 Å².